The Morgan fingerprint density at radius 2 is 1.39 bits per heavy atom. The largest absolute Gasteiger partial charge is 0.273 e. The first kappa shape index (κ1) is 18.0. The lowest BCUT2D eigenvalue weighted by Crippen LogP contribution is -2.27. The Morgan fingerprint density at radius 3 is 1.74 bits per heavy atom. The number of hydrogen-bond acceptors (Lipinski definition) is 6. The van der Waals surface area contributed by atoms with Crippen molar-refractivity contribution in [3.05, 3.63) is 41.6 Å². The molecule has 0 spiro atoms. The third-order valence-electron chi connectivity index (χ3n) is 2.26. The van der Waals surface area contributed by atoms with E-state index in [9.17, 15) is 9.59 Å². The maximum absolute atomic E-state index is 11.5. The van der Waals surface area contributed by atoms with Crippen molar-refractivity contribution in [2.75, 3.05) is 0 Å². The molecule has 0 saturated carbocycles. The minimum atomic E-state index is -0.511. The molecule has 120 valence electrons. The zero-order chi connectivity index (χ0) is 16.7. The fourth-order valence-corrected chi connectivity index (χ4v) is 3.96. The van der Waals surface area contributed by atoms with Crippen LogP contribution >= 0.6 is 54.5 Å². The van der Waals surface area contributed by atoms with Crippen LogP contribution in [0.4, 0.5) is 0 Å². The summed E-state index contributed by atoms with van der Waals surface area (Å²) in [6, 6.07) is 3.73. The van der Waals surface area contributed by atoms with Crippen molar-refractivity contribution in [3.63, 3.8) is 0 Å². The molecular weight excluding hydrogens is 468 g/mol. The summed E-state index contributed by atoms with van der Waals surface area (Å²) in [5, 5.41) is 11.4. The van der Waals surface area contributed by atoms with Crippen LogP contribution in [0.1, 0.15) is 16.2 Å². The lowest BCUT2D eigenvalue weighted by atomic mass is 10.4. The number of thiophene rings is 2. The molecule has 0 aliphatic rings. The van der Waals surface area contributed by atoms with Crippen LogP contribution in [0.5, 0.6) is 0 Å². The lowest BCUT2D eigenvalue weighted by Gasteiger charge is -1.98. The molecule has 6 nitrogen and oxygen atoms in total. The number of hydrazone groups is 2. The molecule has 2 N–H and O–H groups in total. The second-order valence-electron chi connectivity index (χ2n) is 4.10. The molecule has 0 saturated heterocycles. The summed E-state index contributed by atoms with van der Waals surface area (Å²) in [6.07, 6.45) is 2.67. The minimum absolute atomic E-state index is 0.350. The Morgan fingerprint density at radius 1 is 0.957 bits per heavy atom. The van der Waals surface area contributed by atoms with Crippen molar-refractivity contribution in [2.24, 2.45) is 10.2 Å². The molecule has 23 heavy (non-hydrogen) atoms. The van der Waals surface area contributed by atoms with Crippen molar-refractivity contribution in [1.29, 1.82) is 0 Å². The number of nitrogens with zero attached hydrogens (tertiary/aromatic N) is 2. The molecule has 10 heteroatoms. The van der Waals surface area contributed by atoms with Crippen molar-refractivity contribution in [2.45, 2.75) is 6.42 Å². The van der Waals surface area contributed by atoms with Gasteiger partial charge in [0.2, 0.25) is 11.8 Å². The summed E-state index contributed by atoms with van der Waals surface area (Å²) in [4.78, 5) is 24.8. The summed E-state index contributed by atoms with van der Waals surface area (Å²) in [5.74, 6) is -1.02. The SMILES string of the molecule is O=C(CC(=O)NN=Cc1cc(Br)cs1)NN=Cc1cc(Br)cs1. The third-order valence-corrected chi connectivity index (χ3v) is 5.51. The fourth-order valence-electron chi connectivity index (χ4n) is 1.35. The van der Waals surface area contributed by atoms with Gasteiger partial charge in [-0.05, 0) is 44.0 Å². The van der Waals surface area contributed by atoms with Gasteiger partial charge in [-0.1, -0.05) is 0 Å². The third kappa shape index (κ3) is 6.73. The van der Waals surface area contributed by atoms with E-state index in [1.165, 1.54) is 35.1 Å². The molecule has 2 heterocycles. The Kier molecular flexibility index (Phi) is 7.09. The highest BCUT2D eigenvalue weighted by atomic mass is 79.9. The van der Waals surface area contributed by atoms with Gasteiger partial charge >= 0.3 is 0 Å². The van der Waals surface area contributed by atoms with Crippen LogP contribution in [0.25, 0.3) is 0 Å². The van der Waals surface area contributed by atoms with Crippen LogP contribution in [0.3, 0.4) is 0 Å². The van der Waals surface area contributed by atoms with E-state index in [1.807, 2.05) is 22.9 Å². The van der Waals surface area contributed by atoms with Crippen molar-refractivity contribution >= 4 is 78.8 Å². The molecule has 0 unspecified atom stereocenters. The molecule has 0 radical (unpaired) electrons. The maximum atomic E-state index is 11.5. The van der Waals surface area contributed by atoms with Crippen molar-refractivity contribution in [3.8, 4) is 0 Å². The number of nitrogens with one attached hydrogen (secondary N) is 2. The highest BCUT2D eigenvalue weighted by molar-refractivity contribution is 9.10. The average molecular weight is 478 g/mol. The van der Waals surface area contributed by atoms with Gasteiger partial charge in [0.05, 0.1) is 12.4 Å². The predicted molar refractivity (Wildman–Crippen MR) is 100 cm³/mol. The number of rotatable bonds is 6. The van der Waals surface area contributed by atoms with Crippen LogP contribution in [0, 0.1) is 0 Å². The lowest BCUT2D eigenvalue weighted by molar-refractivity contribution is -0.129. The van der Waals surface area contributed by atoms with E-state index >= 15 is 0 Å². The molecule has 0 fully saturated rings. The highest BCUT2D eigenvalue weighted by Gasteiger charge is 2.07. The van der Waals surface area contributed by atoms with Gasteiger partial charge < -0.3 is 0 Å². The van der Waals surface area contributed by atoms with Crippen LogP contribution in [-0.4, -0.2) is 24.2 Å². The van der Waals surface area contributed by atoms with E-state index in [0.717, 1.165) is 18.7 Å². The van der Waals surface area contributed by atoms with Gasteiger partial charge in [0.25, 0.3) is 0 Å². The normalized spacial score (nSPS) is 11.2. The predicted octanol–water partition coefficient (Wildman–Crippen LogP) is 3.33. The minimum Gasteiger partial charge on any atom is -0.273 e. The van der Waals surface area contributed by atoms with Crippen molar-refractivity contribution < 1.29 is 9.59 Å². The van der Waals surface area contributed by atoms with Crippen LogP contribution < -0.4 is 10.9 Å². The van der Waals surface area contributed by atoms with E-state index in [2.05, 4.69) is 52.9 Å². The smallest absolute Gasteiger partial charge is 0.249 e. The molecule has 2 aromatic heterocycles. The van der Waals surface area contributed by atoms with Crippen LogP contribution in [0.15, 0.2) is 42.0 Å². The second kappa shape index (κ2) is 9.06. The Hall–Kier alpha value is -1.36. The Labute approximate surface area is 156 Å². The van der Waals surface area contributed by atoms with E-state index in [-0.39, 0.29) is 6.42 Å². The number of hydrogen-bond donors (Lipinski definition) is 2. The van der Waals surface area contributed by atoms with E-state index in [1.54, 1.807) is 0 Å². The van der Waals surface area contributed by atoms with Gasteiger partial charge in [0.15, 0.2) is 0 Å². The molecule has 0 bridgehead atoms. The van der Waals surface area contributed by atoms with E-state index in [4.69, 9.17) is 0 Å². The zero-order valence-corrected chi connectivity index (χ0v) is 16.3. The zero-order valence-electron chi connectivity index (χ0n) is 11.5. The number of amides is 2. The topological polar surface area (TPSA) is 82.9 Å². The summed E-state index contributed by atoms with van der Waals surface area (Å²) in [5.41, 5.74) is 4.58. The van der Waals surface area contributed by atoms with Gasteiger partial charge in [-0.2, -0.15) is 10.2 Å². The monoisotopic (exact) mass is 476 g/mol. The summed E-state index contributed by atoms with van der Waals surface area (Å²) in [7, 11) is 0. The first-order chi connectivity index (χ1) is 11.0. The quantitative estimate of drug-likeness (QED) is 0.380. The van der Waals surface area contributed by atoms with Gasteiger partial charge in [-0.25, -0.2) is 10.9 Å². The standard InChI is InChI=1S/C13H10Br2N4O2S2/c14-8-1-10(22-6-8)4-16-18-12(20)3-13(21)19-17-5-11-2-9(15)7-23-11/h1-2,4-7H,3H2,(H,18,20)(H,19,21). The summed E-state index contributed by atoms with van der Waals surface area (Å²) in [6.45, 7) is 0. The fraction of sp³-hybridized carbons (Fsp3) is 0.0769. The Balaban J connectivity index is 1.71. The molecule has 0 atom stereocenters. The first-order valence-corrected chi connectivity index (χ1v) is 9.49. The molecule has 2 rings (SSSR count). The van der Waals surface area contributed by atoms with Gasteiger partial charge in [-0.15, -0.1) is 22.7 Å². The molecule has 2 amide bonds. The number of carbonyl (C=O) groups is 2. The van der Waals surface area contributed by atoms with E-state index in [0.29, 0.717) is 0 Å². The molecule has 0 aliphatic heterocycles. The molecule has 0 aliphatic carbocycles. The maximum Gasteiger partial charge on any atom is 0.249 e. The second-order valence-corrected chi connectivity index (χ2v) is 7.81. The molecule has 2 aromatic rings. The van der Waals surface area contributed by atoms with Gasteiger partial charge in [-0.3, -0.25) is 9.59 Å². The van der Waals surface area contributed by atoms with E-state index < -0.39 is 11.8 Å². The van der Waals surface area contributed by atoms with Crippen LogP contribution in [-0.2, 0) is 9.59 Å². The first-order valence-electron chi connectivity index (χ1n) is 6.15. The summed E-state index contributed by atoms with van der Waals surface area (Å²) >= 11 is 9.60. The Bertz CT molecular complexity index is 692. The number of halogens is 2. The number of carbonyl (C=O) groups excluding carboxylic acids is 2. The van der Waals surface area contributed by atoms with Gasteiger partial charge in [0.1, 0.15) is 6.42 Å². The van der Waals surface area contributed by atoms with Crippen LogP contribution in [0.2, 0.25) is 0 Å². The highest BCUT2D eigenvalue weighted by Crippen LogP contribution is 2.18. The van der Waals surface area contributed by atoms with Gasteiger partial charge in [0, 0.05) is 29.5 Å². The van der Waals surface area contributed by atoms with Crippen molar-refractivity contribution in [1.82, 2.24) is 10.9 Å². The molecule has 0 aromatic carbocycles. The average Bonchev–Trinajstić information content (AvgIpc) is 3.07. The molecular formula is C13H10Br2N4O2S2. The summed E-state index contributed by atoms with van der Waals surface area (Å²) < 4.78 is 1.90.